The first kappa shape index (κ1) is 19.8. The van der Waals surface area contributed by atoms with Crippen molar-refractivity contribution >= 4 is 28.4 Å². The summed E-state index contributed by atoms with van der Waals surface area (Å²) in [6.07, 6.45) is 0. The number of benzene rings is 4. The fourth-order valence-corrected chi connectivity index (χ4v) is 3.53. The van der Waals surface area contributed by atoms with E-state index >= 15 is 0 Å². The maximum Gasteiger partial charge on any atom is 0.0485 e. The minimum absolute atomic E-state index is 0.0299. The Morgan fingerprint density at radius 2 is 1.03 bits per heavy atom. The number of hydrogen-bond acceptors (Lipinski definition) is 2. The lowest BCUT2D eigenvalue weighted by Gasteiger charge is -2.29. The van der Waals surface area contributed by atoms with Crippen molar-refractivity contribution in [3.63, 3.8) is 0 Å². The van der Waals surface area contributed by atoms with Gasteiger partial charge in [0.1, 0.15) is 0 Å². The molecule has 0 unspecified atom stereocenters. The van der Waals surface area contributed by atoms with Crippen LogP contribution in [0.4, 0.5) is 28.4 Å². The van der Waals surface area contributed by atoms with Crippen molar-refractivity contribution in [2.75, 3.05) is 10.2 Å². The van der Waals surface area contributed by atoms with Gasteiger partial charge >= 0.3 is 0 Å². The first-order chi connectivity index (χ1) is 14.5. The zero-order chi connectivity index (χ0) is 21.0. The van der Waals surface area contributed by atoms with Gasteiger partial charge in [-0.25, -0.2) is 0 Å². The topological polar surface area (TPSA) is 15.3 Å². The van der Waals surface area contributed by atoms with E-state index in [0.29, 0.717) is 0 Å². The summed E-state index contributed by atoms with van der Waals surface area (Å²) in [5.74, 6) is 0. The molecule has 0 fully saturated rings. The summed E-state index contributed by atoms with van der Waals surface area (Å²) in [4.78, 5) is 2.31. The van der Waals surface area contributed by atoms with Crippen molar-refractivity contribution in [3.8, 4) is 0 Å². The summed E-state index contributed by atoms with van der Waals surface area (Å²) >= 11 is 0. The van der Waals surface area contributed by atoms with E-state index in [0.717, 1.165) is 28.4 Å². The summed E-state index contributed by atoms with van der Waals surface area (Å²) < 4.78 is 0. The molecule has 4 aromatic rings. The van der Waals surface area contributed by atoms with E-state index in [2.05, 4.69) is 134 Å². The molecule has 0 atom stereocenters. The SMILES string of the molecule is CC(C)(C)c1cc(Nc2ccccc2)cc(N(c2ccccc2)c2ccccc2)c1. The lowest BCUT2D eigenvalue weighted by Crippen LogP contribution is -2.15. The maximum absolute atomic E-state index is 3.59. The van der Waals surface area contributed by atoms with Gasteiger partial charge in [0.15, 0.2) is 0 Å². The van der Waals surface area contributed by atoms with E-state index in [9.17, 15) is 0 Å². The van der Waals surface area contributed by atoms with Crippen LogP contribution in [0.3, 0.4) is 0 Å². The lowest BCUT2D eigenvalue weighted by atomic mass is 9.86. The molecule has 0 amide bonds. The molecule has 150 valence electrons. The smallest absolute Gasteiger partial charge is 0.0485 e. The Morgan fingerprint density at radius 3 is 1.53 bits per heavy atom. The van der Waals surface area contributed by atoms with Gasteiger partial charge in [0, 0.05) is 28.4 Å². The van der Waals surface area contributed by atoms with Crippen LogP contribution in [0.1, 0.15) is 26.3 Å². The fourth-order valence-electron chi connectivity index (χ4n) is 3.53. The highest BCUT2D eigenvalue weighted by atomic mass is 15.1. The number of rotatable bonds is 5. The monoisotopic (exact) mass is 392 g/mol. The lowest BCUT2D eigenvalue weighted by molar-refractivity contribution is 0.590. The number of hydrogen-bond donors (Lipinski definition) is 1. The van der Waals surface area contributed by atoms with Gasteiger partial charge in [0.05, 0.1) is 0 Å². The van der Waals surface area contributed by atoms with E-state index in [4.69, 9.17) is 0 Å². The summed E-state index contributed by atoms with van der Waals surface area (Å²) in [5, 5.41) is 3.59. The summed E-state index contributed by atoms with van der Waals surface area (Å²) in [6.45, 7) is 6.77. The van der Waals surface area contributed by atoms with Crippen molar-refractivity contribution < 1.29 is 0 Å². The first-order valence-corrected chi connectivity index (χ1v) is 10.4. The molecule has 0 saturated heterocycles. The van der Waals surface area contributed by atoms with Gasteiger partial charge in [-0.15, -0.1) is 0 Å². The van der Waals surface area contributed by atoms with E-state index < -0.39 is 0 Å². The third kappa shape index (κ3) is 4.55. The third-order valence-electron chi connectivity index (χ3n) is 5.13. The Kier molecular flexibility index (Phi) is 5.58. The minimum atomic E-state index is 0.0299. The Morgan fingerprint density at radius 1 is 0.533 bits per heavy atom. The molecule has 0 radical (unpaired) electrons. The largest absolute Gasteiger partial charge is 0.355 e. The highest BCUT2D eigenvalue weighted by Gasteiger charge is 2.19. The summed E-state index contributed by atoms with van der Waals surface area (Å²) in [7, 11) is 0. The van der Waals surface area contributed by atoms with Crippen LogP contribution in [0.15, 0.2) is 109 Å². The first-order valence-electron chi connectivity index (χ1n) is 10.4. The molecule has 1 N–H and O–H groups in total. The minimum Gasteiger partial charge on any atom is -0.355 e. The van der Waals surface area contributed by atoms with Crippen LogP contribution < -0.4 is 10.2 Å². The molecule has 0 aliphatic rings. The Bertz CT molecular complexity index is 1040. The van der Waals surface area contributed by atoms with Crippen LogP contribution >= 0.6 is 0 Å². The molecular weight excluding hydrogens is 364 g/mol. The molecule has 2 heteroatoms. The Hall–Kier alpha value is -3.52. The number of nitrogens with one attached hydrogen (secondary N) is 1. The molecule has 30 heavy (non-hydrogen) atoms. The van der Waals surface area contributed by atoms with Crippen molar-refractivity contribution in [2.45, 2.75) is 26.2 Å². The average molecular weight is 393 g/mol. The maximum atomic E-state index is 3.59. The molecule has 0 aliphatic heterocycles. The molecule has 0 saturated carbocycles. The molecule has 0 aliphatic carbocycles. The van der Waals surface area contributed by atoms with Crippen LogP contribution in [0.25, 0.3) is 0 Å². The normalized spacial score (nSPS) is 11.2. The van der Waals surface area contributed by atoms with Gasteiger partial charge < -0.3 is 10.2 Å². The van der Waals surface area contributed by atoms with Crippen LogP contribution in [0.5, 0.6) is 0 Å². The fraction of sp³-hybridized carbons (Fsp3) is 0.143. The zero-order valence-electron chi connectivity index (χ0n) is 17.8. The number of anilines is 5. The van der Waals surface area contributed by atoms with E-state index in [1.54, 1.807) is 0 Å². The standard InChI is InChI=1S/C28H28N2/c1-28(2,3)22-19-24(29-23-13-7-4-8-14-23)21-27(20-22)30(25-15-9-5-10-16-25)26-17-11-6-12-18-26/h4-21,29H,1-3H3. The molecule has 4 rings (SSSR count). The Balaban J connectivity index is 1.86. The predicted molar refractivity (Wildman–Crippen MR) is 130 cm³/mol. The van der Waals surface area contributed by atoms with Crippen LogP contribution in [-0.2, 0) is 5.41 Å². The third-order valence-corrected chi connectivity index (χ3v) is 5.13. The molecule has 2 nitrogen and oxygen atoms in total. The van der Waals surface area contributed by atoms with Crippen molar-refractivity contribution in [2.24, 2.45) is 0 Å². The molecule has 0 aromatic heterocycles. The number of para-hydroxylation sites is 3. The molecule has 4 aromatic carbocycles. The van der Waals surface area contributed by atoms with E-state index in [1.165, 1.54) is 5.56 Å². The van der Waals surface area contributed by atoms with Crippen molar-refractivity contribution in [3.05, 3.63) is 115 Å². The van der Waals surface area contributed by atoms with Crippen LogP contribution in [-0.4, -0.2) is 0 Å². The Labute approximate surface area is 179 Å². The van der Waals surface area contributed by atoms with Gasteiger partial charge in [0.25, 0.3) is 0 Å². The van der Waals surface area contributed by atoms with E-state index in [1.807, 2.05) is 6.07 Å². The van der Waals surface area contributed by atoms with E-state index in [-0.39, 0.29) is 5.41 Å². The summed E-state index contributed by atoms with van der Waals surface area (Å²) in [5.41, 5.74) is 6.90. The average Bonchev–Trinajstić information content (AvgIpc) is 2.75. The van der Waals surface area contributed by atoms with Crippen molar-refractivity contribution in [1.82, 2.24) is 0 Å². The highest BCUT2D eigenvalue weighted by Crippen LogP contribution is 2.38. The molecule has 0 spiro atoms. The van der Waals surface area contributed by atoms with Gasteiger partial charge in [0.2, 0.25) is 0 Å². The van der Waals surface area contributed by atoms with Crippen LogP contribution in [0.2, 0.25) is 0 Å². The van der Waals surface area contributed by atoms with Crippen molar-refractivity contribution in [1.29, 1.82) is 0 Å². The molecule has 0 bridgehead atoms. The zero-order valence-corrected chi connectivity index (χ0v) is 17.8. The number of nitrogens with zero attached hydrogens (tertiary/aromatic N) is 1. The quantitative estimate of drug-likeness (QED) is 0.368. The molecule has 0 heterocycles. The van der Waals surface area contributed by atoms with Gasteiger partial charge in [-0.1, -0.05) is 75.4 Å². The highest BCUT2D eigenvalue weighted by molar-refractivity contribution is 5.79. The van der Waals surface area contributed by atoms with Crippen LogP contribution in [0, 0.1) is 0 Å². The predicted octanol–water partition coefficient (Wildman–Crippen LogP) is 8.20. The van der Waals surface area contributed by atoms with Gasteiger partial charge in [-0.3, -0.25) is 0 Å². The van der Waals surface area contributed by atoms with Gasteiger partial charge in [-0.2, -0.15) is 0 Å². The summed E-state index contributed by atoms with van der Waals surface area (Å²) in [6, 6.07) is 38.2. The molecular formula is C28H28N2. The second-order valence-electron chi connectivity index (χ2n) is 8.52. The second-order valence-corrected chi connectivity index (χ2v) is 8.52. The van der Waals surface area contributed by atoms with Gasteiger partial charge in [-0.05, 0) is 65.6 Å². The second kappa shape index (κ2) is 8.46.